The van der Waals surface area contributed by atoms with Crippen molar-refractivity contribution in [1.82, 2.24) is 0 Å². The van der Waals surface area contributed by atoms with E-state index in [0.29, 0.717) is 18.6 Å². The van der Waals surface area contributed by atoms with Crippen LogP contribution in [0.4, 0.5) is 0 Å². The molecule has 0 aliphatic carbocycles. The van der Waals surface area contributed by atoms with Gasteiger partial charge >= 0.3 is 0 Å². The van der Waals surface area contributed by atoms with E-state index in [1.807, 2.05) is 0 Å². The van der Waals surface area contributed by atoms with Crippen molar-refractivity contribution in [2.75, 3.05) is 6.61 Å². The molecule has 1 saturated heterocycles. The summed E-state index contributed by atoms with van der Waals surface area (Å²) in [4.78, 5) is 0. The average Bonchev–Trinajstić information content (AvgIpc) is 1.95. The van der Waals surface area contributed by atoms with Crippen LogP contribution in [-0.4, -0.2) is 18.8 Å². The Balaban J connectivity index is 0.000001000. The molecule has 3 unspecified atom stereocenters. The van der Waals surface area contributed by atoms with Crippen molar-refractivity contribution in [1.29, 1.82) is 0 Å². The standard InChI is InChI=1S/C8H16NO.Y/c1-3-7-4-6(2)8(9)5-10-7;/h6-9H,3-5H2,1-2H3;/q-1;. The molecule has 0 amide bonds. The first kappa shape index (κ1) is 12.0. The molecule has 0 bridgehead atoms. The zero-order valence-electron chi connectivity index (χ0n) is 7.34. The van der Waals surface area contributed by atoms with Gasteiger partial charge in [-0.3, -0.25) is 0 Å². The van der Waals surface area contributed by atoms with Crippen molar-refractivity contribution in [2.24, 2.45) is 5.92 Å². The van der Waals surface area contributed by atoms with E-state index in [1.54, 1.807) is 0 Å². The van der Waals surface area contributed by atoms with E-state index in [0.717, 1.165) is 12.8 Å². The van der Waals surface area contributed by atoms with Crippen LogP contribution in [0.5, 0.6) is 0 Å². The maximum Gasteiger partial charge on any atom is 0.0573 e. The summed E-state index contributed by atoms with van der Waals surface area (Å²) >= 11 is 0. The molecule has 1 radical (unpaired) electrons. The third kappa shape index (κ3) is 3.50. The molecule has 0 spiro atoms. The fourth-order valence-corrected chi connectivity index (χ4v) is 1.34. The predicted octanol–water partition coefficient (Wildman–Crippen LogP) is 2.24. The Kier molecular flexibility index (Phi) is 6.16. The summed E-state index contributed by atoms with van der Waals surface area (Å²) < 4.78 is 5.42. The van der Waals surface area contributed by atoms with Gasteiger partial charge in [0.15, 0.2) is 0 Å². The van der Waals surface area contributed by atoms with Crippen molar-refractivity contribution in [3.63, 3.8) is 0 Å². The second-order valence-electron chi connectivity index (χ2n) is 3.18. The van der Waals surface area contributed by atoms with Gasteiger partial charge in [0, 0.05) is 39.3 Å². The van der Waals surface area contributed by atoms with Crippen LogP contribution < -0.4 is 0 Å². The molecule has 1 heterocycles. The Morgan fingerprint density at radius 1 is 1.55 bits per heavy atom. The van der Waals surface area contributed by atoms with Gasteiger partial charge in [-0.2, -0.15) is 0 Å². The Bertz CT molecular complexity index is 110. The van der Waals surface area contributed by atoms with E-state index in [9.17, 15) is 0 Å². The van der Waals surface area contributed by atoms with Gasteiger partial charge in [0.2, 0.25) is 0 Å². The summed E-state index contributed by atoms with van der Waals surface area (Å²) in [7, 11) is 0. The molecular formula is C8H16NOY-. The second-order valence-corrected chi connectivity index (χ2v) is 3.18. The monoisotopic (exact) mass is 231 g/mol. The van der Waals surface area contributed by atoms with E-state index >= 15 is 0 Å². The van der Waals surface area contributed by atoms with Crippen molar-refractivity contribution in [3.05, 3.63) is 5.73 Å². The average molecular weight is 231 g/mol. The van der Waals surface area contributed by atoms with Gasteiger partial charge in [0.25, 0.3) is 0 Å². The Morgan fingerprint density at radius 2 is 2.18 bits per heavy atom. The molecule has 0 aromatic carbocycles. The maximum absolute atomic E-state index is 7.52. The molecule has 0 aromatic heterocycles. The molecule has 0 saturated carbocycles. The zero-order valence-corrected chi connectivity index (χ0v) is 10.2. The largest absolute Gasteiger partial charge is 0.673 e. The molecule has 1 N–H and O–H groups in total. The van der Waals surface area contributed by atoms with Gasteiger partial charge in [0.1, 0.15) is 0 Å². The summed E-state index contributed by atoms with van der Waals surface area (Å²) in [5, 5.41) is 0. The van der Waals surface area contributed by atoms with Gasteiger partial charge in [-0.1, -0.05) is 19.8 Å². The first-order chi connectivity index (χ1) is 4.74. The van der Waals surface area contributed by atoms with Crippen LogP contribution in [0.2, 0.25) is 0 Å². The Labute approximate surface area is 94.1 Å². The number of hydrogen-bond donors (Lipinski definition) is 0. The van der Waals surface area contributed by atoms with Gasteiger partial charge in [-0.25, -0.2) is 0 Å². The molecule has 1 fully saturated rings. The van der Waals surface area contributed by atoms with Crippen molar-refractivity contribution < 1.29 is 37.4 Å². The first-order valence-electron chi connectivity index (χ1n) is 4.06. The molecule has 2 nitrogen and oxygen atoms in total. The molecule has 0 aromatic rings. The summed E-state index contributed by atoms with van der Waals surface area (Å²) in [6.45, 7) is 4.92. The summed E-state index contributed by atoms with van der Waals surface area (Å²) in [5.74, 6) is 0.527. The zero-order chi connectivity index (χ0) is 7.56. The summed E-state index contributed by atoms with van der Waals surface area (Å²) in [6, 6.07) is 0.0165. The summed E-state index contributed by atoms with van der Waals surface area (Å²) in [5.41, 5.74) is 7.52. The van der Waals surface area contributed by atoms with E-state index in [1.165, 1.54) is 0 Å². The summed E-state index contributed by atoms with van der Waals surface area (Å²) in [6.07, 6.45) is 2.60. The Morgan fingerprint density at radius 3 is 2.64 bits per heavy atom. The number of nitrogens with one attached hydrogen (secondary N) is 1. The quantitative estimate of drug-likeness (QED) is 0.681. The fourth-order valence-electron chi connectivity index (χ4n) is 1.34. The number of hydrogen-bond acceptors (Lipinski definition) is 1. The molecule has 11 heavy (non-hydrogen) atoms. The second kappa shape index (κ2) is 5.63. The fraction of sp³-hybridized carbons (Fsp3) is 1.00. The normalized spacial score (nSPS) is 37.9. The van der Waals surface area contributed by atoms with Crippen LogP contribution >= 0.6 is 0 Å². The predicted molar refractivity (Wildman–Crippen MR) is 41.9 cm³/mol. The molecule has 1 rings (SSSR count). The van der Waals surface area contributed by atoms with Crippen LogP contribution in [0.3, 0.4) is 0 Å². The van der Waals surface area contributed by atoms with Crippen molar-refractivity contribution >= 4 is 0 Å². The molecule has 1 aliphatic rings. The van der Waals surface area contributed by atoms with Crippen LogP contribution in [0.25, 0.3) is 5.73 Å². The topological polar surface area (TPSA) is 33.0 Å². The van der Waals surface area contributed by atoms with Gasteiger partial charge < -0.3 is 10.5 Å². The van der Waals surface area contributed by atoms with Crippen LogP contribution in [0.1, 0.15) is 26.7 Å². The smallest absolute Gasteiger partial charge is 0.0573 e. The third-order valence-electron chi connectivity index (χ3n) is 2.29. The van der Waals surface area contributed by atoms with Crippen molar-refractivity contribution in [3.8, 4) is 0 Å². The van der Waals surface area contributed by atoms with E-state index in [-0.39, 0.29) is 38.8 Å². The van der Waals surface area contributed by atoms with Crippen LogP contribution in [-0.2, 0) is 37.4 Å². The minimum Gasteiger partial charge on any atom is -0.673 e. The Hall–Kier alpha value is 1.02. The van der Waals surface area contributed by atoms with Crippen LogP contribution in [0.15, 0.2) is 0 Å². The number of rotatable bonds is 1. The van der Waals surface area contributed by atoms with E-state index in [2.05, 4.69) is 13.8 Å². The molecule has 1 aliphatic heterocycles. The minimum atomic E-state index is 0. The van der Waals surface area contributed by atoms with Crippen LogP contribution in [0, 0.1) is 5.92 Å². The maximum atomic E-state index is 7.52. The molecular weight excluding hydrogens is 215 g/mol. The third-order valence-corrected chi connectivity index (χ3v) is 2.29. The SMILES string of the molecule is CCC1CC(C)C([NH-])CO1.[Y]. The van der Waals surface area contributed by atoms with Gasteiger partial charge in [0.05, 0.1) is 6.10 Å². The van der Waals surface area contributed by atoms with Crippen molar-refractivity contribution in [2.45, 2.75) is 38.8 Å². The van der Waals surface area contributed by atoms with Gasteiger partial charge in [-0.15, -0.1) is 6.04 Å². The molecule has 3 heteroatoms. The number of ether oxygens (including phenoxy) is 1. The molecule has 63 valence electrons. The van der Waals surface area contributed by atoms with E-state index in [4.69, 9.17) is 10.5 Å². The molecule has 3 atom stereocenters. The van der Waals surface area contributed by atoms with Gasteiger partial charge in [-0.05, 0) is 12.8 Å². The minimum absolute atomic E-state index is 0. The van der Waals surface area contributed by atoms with E-state index < -0.39 is 0 Å². The first-order valence-corrected chi connectivity index (χ1v) is 4.06.